The molecular weight excluding hydrogens is 358 g/mol. The molecule has 1 heterocycles. The summed E-state index contributed by atoms with van der Waals surface area (Å²) in [5.74, 6) is 0.911. The normalized spacial score (nSPS) is 12.6. The summed E-state index contributed by atoms with van der Waals surface area (Å²) in [6.07, 6.45) is 1.70. The lowest BCUT2D eigenvalue weighted by atomic mass is 10.2. The lowest BCUT2D eigenvalue weighted by Crippen LogP contribution is -2.25. The van der Waals surface area contributed by atoms with Crippen molar-refractivity contribution in [2.45, 2.75) is 17.9 Å². The van der Waals surface area contributed by atoms with E-state index < -0.39 is 0 Å². The molecule has 0 aliphatic rings. The van der Waals surface area contributed by atoms with Gasteiger partial charge in [0.15, 0.2) is 0 Å². The first-order valence-corrected chi connectivity index (χ1v) is 8.56. The van der Waals surface area contributed by atoms with Gasteiger partial charge in [0.05, 0.1) is 23.0 Å². The predicted molar refractivity (Wildman–Crippen MR) is 89.5 cm³/mol. The molecule has 1 unspecified atom stereocenters. The SMILES string of the molecule is CCNC(CSc1ccc(Br)cc1)c1c(Cl)cnn1C. The van der Waals surface area contributed by atoms with E-state index in [9.17, 15) is 0 Å². The Balaban J connectivity index is 2.08. The van der Waals surface area contributed by atoms with Gasteiger partial charge >= 0.3 is 0 Å². The second-order valence-corrected chi connectivity index (χ2v) is 6.79. The molecule has 0 saturated heterocycles. The van der Waals surface area contributed by atoms with Gasteiger partial charge in [-0.05, 0) is 30.8 Å². The molecule has 0 aliphatic heterocycles. The number of hydrogen-bond acceptors (Lipinski definition) is 3. The van der Waals surface area contributed by atoms with Crippen LogP contribution in [0.15, 0.2) is 39.8 Å². The maximum absolute atomic E-state index is 6.24. The van der Waals surface area contributed by atoms with Gasteiger partial charge in [0.25, 0.3) is 0 Å². The smallest absolute Gasteiger partial charge is 0.0834 e. The molecule has 0 radical (unpaired) electrons. The van der Waals surface area contributed by atoms with Crippen molar-refractivity contribution >= 4 is 39.3 Å². The minimum absolute atomic E-state index is 0.189. The molecule has 2 rings (SSSR count). The van der Waals surface area contributed by atoms with E-state index in [1.165, 1.54) is 4.90 Å². The van der Waals surface area contributed by atoms with Crippen molar-refractivity contribution in [3.63, 3.8) is 0 Å². The summed E-state index contributed by atoms with van der Waals surface area (Å²) in [4.78, 5) is 1.24. The van der Waals surface area contributed by atoms with Gasteiger partial charge in [-0.1, -0.05) is 34.5 Å². The molecular formula is C14H17BrClN3S. The van der Waals surface area contributed by atoms with Crippen molar-refractivity contribution in [2.24, 2.45) is 7.05 Å². The maximum Gasteiger partial charge on any atom is 0.0834 e. The summed E-state index contributed by atoms with van der Waals surface area (Å²) in [5.41, 5.74) is 1.04. The second-order valence-electron chi connectivity index (χ2n) is 4.38. The molecule has 0 bridgehead atoms. The number of nitrogens with one attached hydrogen (secondary N) is 1. The van der Waals surface area contributed by atoms with E-state index in [1.807, 2.05) is 23.5 Å². The van der Waals surface area contributed by atoms with Crippen molar-refractivity contribution in [2.75, 3.05) is 12.3 Å². The van der Waals surface area contributed by atoms with E-state index in [1.54, 1.807) is 6.20 Å². The van der Waals surface area contributed by atoms with Crippen LogP contribution in [0.4, 0.5) is 0 Å². The number of hydrogen-bond donors (Lipinski definition) is 1. The molecule has 6 heteroatoms. The third kappa shape index (κ3) is 4.01. The zero-order valence-electron chi connectivity index (χ0n) is 11.4. The van der Waals surface area contributed by atoms with Crippen LogP contribution in [0.3, 0.4) is 0 Å². The van der Waals surface area contributed by atoms with Gasteiger partial charge in [0.1, 0.15) is 0 Å². The number of rotatable bonds is 6. The molecule has 20 heavy (non-hydrogen) atoms. The number of nitrogens with zero attached hydrogens (tertiary/aromatic N) is 2. The van der Waals surface area contributed by atoms with Crippen molar-refractivity contribution < 1.29 is 0 Å². The highest BCUT2D eigenvalue weighted by Gasteiger charge is 2.18. The standard InChI is InChI=1S/C14H17BrClN3S/c1-3-17-13(14-12(16)8-18-19(14)2)9-20-11-6-4-10(15)5-7-11/h4-8,13,17H,3,9H2,1-2H3. The van der Waals surface area contributed by atoms with Gasteiger partial charge in [-0.25, -0.2) is 0 Å². The van der Waals surface area contributed by atoms with Crippen LogP contribution in [0.5, 0.6) is 0 Å². The Morgan fingerprint density at radius 3 is 2.65 bits per heavy atom. The summed E-state index contributed by atoms with van der Waals surface area (Å²) < 4.78 is 2.94. The minimum Gasteiger partial charge on any atom is -0.308 e. The van der Waals surface area contributed by atoms with Crippen LogP contribution in [0.2, 0.25) is 5.02 Å². The first-order chi connectivity index (χ1) is 9.61. The van der Waals surface area contributed by atoms with Crippen molar-refractivity contribution in [3.05, 3.63) is 45.7 Å². The molecule has 1 atom stereocenters. The van der Waals surface area contributed by atoms with Crippen LogP contribution in [0, 0.1) is 0 Å². The summed E-state index contributed by atoms with van der Waals surface area (Å²) in [7, 11) is 1.93. The maximum atomic E-state index is 6.24. The van der Waals surface area contributed by atoms with Crippen LogP contribution < -0.4 is 5.32 Å². The topological polar surface area (TPSA) is 29.9 Å². The average Bonchev–Trinajstić information content (AvgIpc) is 2.76. The first kappa shape index (κ1) is 15.9. The molecule has 1 aromatic heterocycles. The largest absolute Gasteiger partial charge is 0.308 e. The third-order valence-electron chi connectivity index (χ3n) is 2.95. The average molecular weight is 375 g/mol. The molecule has 108 valence electrons. The fraction of sp³-hybridized carbons (Fsp3) is 0.357. The molecule has 0 aliphatic carbocycles. The lowest BCUT2D eigenvalue weighted by Gasteiger charge is -2.18. The Morgan fingerprint density at radius 1 is 1.40 bits per heavy atom. The Labute approximate surface area is 137 Å². The third-order valence-corrected chi connectivity index (χ3v) is 4.87. The second kappa shape index (κ2) is 7.50. The number of benzene rings is 1. The molecule has 0 spiro atoms. The van der Waals surface area contributed by atoms with E-state index in [2.05, 4.69) is 57.5 Å². The predicted octanol–water partition coefficient (Wildman–Crippen LogP) is 4.28. The molecule has 0 amide bonds. The highest BCUT2D eigenvalue weighted by molar-refractivity contribution is 9.10. The molecule has 0 fully saturated rings. The number of halogens is 2. The van der Waals surface area contributed by atoms with Gasteiger partial charge in [-0.2, -0.15) is 5.10 Å². The molecule has 3 nitrogen and oxygen atoms in total. The highest BCUT2D eigenvalue weighted by Crippen LogP contribution is 2.29. The summed E-state index contributed by atoms with van der Waals surface area (Å²) in [5, 5.41) is 8.41. The zero-order valence-corrected chi connectivity index (χ0v) is 14.6. The van der Waals surface area contributed by atoms with E-state index in [0.717, 1.165) is 27.5 Å². The van der Waals surface area contributed by atoms with Crippen LogP contribution >= 0.6 is 39.3 Å². The van der Waals surface area contributed by atoms with Crippen LogP contribution in [0.1, 0.15) is 18.7 Å². The summed E-state index contributed by atoms with van der Waals surface area (Å²) >= 11 is 11.5. The van der Waals surface area contributed by atoms with Gasteiger partial charge in [0, 0.05) is 22.2 Å². The Kier molecular flexibility index (Phi) is 5.96. The van der Waals surface area contributed by atoms with Gasteiger partial charge < -0.3 is 5.32 Å². The van der Waals surface area contributed by atoms with Crippen molar-refractivity contribution in [1.82, 2.24) is 15.1 Å². The number of aromatic nitrogens is 2. The Morgan fingerprint density at radius 2 is 2.10 bits per heavy atom. The number of aryl methyl sites for hydroxylation is 1. The Hall–Kier alpha value is -0.490. The van der Waals surface area contributed by atoms with E-state index in [0.29, 0.717) is 0 Å². The Bertz CT molecular complexity index is 537. The zero-order chi connectivity index (χ0) is 14.5. The monoisotopic (exact) mass is 373 g/mol. The molecule has 1 N–H and O–H groups in total. The van der Waals surface area contributed by atoms with Crippen LogP contribution in [0.25, 0.3) is 0 Å². The summed E-state index contributed by atoms with van der Waals surface area (Å²) in [6.45, 7) is 2.99. The molecule has 2 aromatic rings. The van der Waals surface area contributed by atoms with Crippen molar-refractivity contribution in [3.8, 4) is 0 Å². The van der Waals surface area contributed by atoms with Gasteiger partial charge in [-0.3, -0.25) is 4.68 Å². The molecule has 1 aromatic carbocycles. The highest BCUT2D eigenvalue weighted by atomic mass is 79.9. The van der Waals surface area contributed by atoms with Gasteiger partial charge in [-0.15, -0.1) is 11.8 Å². The van der Waals surface area contributed by atoms with Gasteiger partial charge in [0.2, 0.25) is 0 Å². The fourth-order valence-electron chi connectivity index (χ4n) is 2.00. The first-order valence-electron chi connectivity index (χ1n) is 6.41. The minimum atomic E-state index is 0.189. The fourth-order valence-corrected chi connectivity index (χ4v) is 3.53. The lowest BCUT2D eigenvalue weighted by molar-refractivity contribution is 0.553. The van der Waals surface area contributed by atoms with Crippen molar-refractivity contribution in [1.29, 1.82) is 0 Å². The summed E-state index contributed by atoms with van der Waals surface area (Å²) in [6, 6.07) is 8.53. The quantitative estimate of drug-likeness (QED) is 0.765. The van der Waals surface area contributed by atoms with Crippen LogP contribution in [-0.2, 0) is 7.05 Å². The van der Waals surface area contributed by atoms with Crippen LogP contribution in [-0.4, -0.2) is 22.1 Å². The van der Waals surface area contributed by atoms with E-state index in [-0.39, 0.29) is 6.04 Å². The van der Waals surface area contributed by atoms with E-state index >= 15 is 0 Å². The van der Waals surface area contributed by atoms with E-state index in [4.69, 9.17) is 11.6 Å². The number of thioether (sulfide) groups is 1. The molecule has 0 saturated carbocycles.